The molecule has 1 heterocycles. The maximum atomic E-state index is 12.7. The molecule has 1 unspecified atom stereocenters. The number of aliphatic hydroxyl groups excluding tert-OH is 1. The molecule has 0 bridgehead atoms. The van der Waals surface area contributed by atoms with Gasteiger partial charge < -0.3 is 20.5 Å². The highest BCUT2D eigenvalue weighted by atomic mass is 16.5. The number of carbonyl (C=O) groups is 1. The average Bonchev–Trinajstić information content (AvgIpc) is 3.06. The molecular formula is C16H22N2O3. The van der Waals surface area contributed by atoms with Gasteiger partial charge in [-0.3, -0.25) is 4.79 Å². The van der Waals surface area contributed by atoms with Crippen molar-refractivity contribution in [3.05, 3.63) is 35.4 Å². The summed E-state index contributed by atoms with van der Waals surface area (Å²) < 4.78 is 5.25. The van der Waals surface area contributed by atoms with Crippen molar-refractivity contribution in [2.75, 3.05) is 26.8 Å². The summed E-state index contributed by atoms with van der Waals surface area (Å²) in [7, 11) is 1.62. The third-order valence-corrected chi connectivity index (χ3v) is 4.64. The number of ether oxygens (including phenoxy) is 1. The number of amides is 1. The summed E-state index contributed by atoms with van der Waals surface area (Å²) in [5, 5.41) is 16.5. The first-order valence-corrected chi connectivity index (χ1v) is 7.43. The molecule has 2 aliphatic rings. The second-order valence-electron chi connectivity index (χ2n) is 6.06. The molecule has 1 amide bonds. The standard InChI is InChI=1S/C16H22N2O3/c1-21-10-16(6-7-17-9-16)15(20)18-14-12-5-3-2-4-11(12)8-13(14)19/h2-5,13-14,17,19H,6-10H2,1H3,(H,18,20)/t13-,14+,16?/m0/s1. The van der Waals surface area contributed by atoms with Crippen LogP contribution < -0.4 is 10.6 Å². The van der Waals surface area contributed by atoms with E-state index >= 15 is 0 Å². The van der Waals surface area contributed by atoms with Crippen LogP contribution in [-0.4, -0.2) is 43.9 Å². The lowest BCUT2D eigenvalue weighted by Gasteiger charge is -2.29. The maximum absolute atomic E-state index is 12.7. The second-order valence-corrected chi connectivity index (χ2v) is 6.06. The van der Waals surface area contributed by atoms with E-state index in [-0.39, 0.29) is 11.9 Å². The van der Waals surface area contributed by atoms with Gasteiger partial charge in [-0.15, -0.1) is 0 Å². The zero-order chi connectivity index (χ0) is 14.9. The monoisotopic (exact) mass is 290 g/mol. The molecular weight excluding hydrogens is 268 g/mol. The molecule has 3 N–H and O–H groups in total. The Bertz CT molecular complexity index is 526. The number of rotatable bonds is 4. The van der Waals surface area contributed by atoms with Gasteiger partial charge in [0.15, 0.2) is 0 Å². The van der Waals surface area contributed by atoms with E-state index in [2.05, 4.69) is 10.6 Å². The van der Waals surface area contributed by atoms with Gasteiger partial charge in [-0.2, -0.15) is 0 Å². The van der Waals surface area contributed by atoms with Crippen molar-refractivity contribution in [2.45, 2.75) is 25.0 Å². The fourth-order valence-corrected chi connectivity index (χ4v) is 3.44. The number of carbonyl (C=O) groups excluding carboxylic acids is 1. The number of nitrogens with one attached hydrogen (secondary N) is 2. The second kappa shape index (κ2) is 5.75. The number of hydrogen-bond donors (Lipinski definition) is 3. The number of hydrogen-bond acceptors (Lipinski definition) is 4. The topological polar surface area (TPSA) is 70.6 Å². The summed E-state index contributed by atoms with van der Waals surface area (Å²) in [4.78, 5) is 12.7. The lowest BCUT2D eigenvalue weighted by molar-refractivity contribution is -0.134. The molecule has 0 spiro atoms. The molecule has 1 fully saturated rings. The summed E-state index contributed by atoms with van der Waals surface area (Å²) in [5.74, 6) is -0.0323. The van der Waals surface area contributed by atoms with Crippen LogP contribution in [-0.2, 0) is 16.0 Å². The van der Waals surface area contributed by atoms with Crippen LogP contribution in [0.15, 0.2) is 24.3 Å². The summed E-state index contributed by atoms with van der Waals surface area (Å²) in [6, 6.07) is 7.57. The molecule has 0 saturated carbocycles. The molecule has 3 atom stereocenters. The molecule has 5 nitrogen and oxygen atoms in total. The van der Waals surface area contributed by atoms with Crippen LogP contribution in [0.5, 0.6) is 0 Å². The lowest BCUT2D eigenvalue weighted by atomic mass is 9.86. The van der Waals surface area contributed by atoms with E-state index in [1.807, 2.05) is 24.3 Å². The summed E-state index contributed by atoms with van der Waals surface area (Å²) in [6.07, 6.45) is 0.800. The van der Waals surface area contributed by atoms with E-state index in [1.165, 1.54) is 0 Å². The molecule has 114 valence electrons. The van der Waals surface area contributed by atoms with Gasteiger partial charge >= 0.3 is 0 Å². The SMILES string of the molecule is COCC1(C(=O)N[C@@H]2c3ccccc3C[C@@H]2O)CCNC1. The van der Waals surface area contributed by atoms with Crippen molar-refractivity contribution in [3.63, 3.8) is 0 Å². The van der Waals surface area contributed by atoms with Gasteiger partial charge in [0.1, 0.15) is 0 Å². The molecule has 1 aliphatic heterocycles. The van der Waals surface area contributed by atoms with Gasteiger partial charge in [-0.1, -0.05) is 24.3 Å². The molecule has 5 heteroatoms. The average molecular weight is 290 g/mol. The van der Waals surface area contributed by atoms with Crippen molar-refractivity contribution in [3.8, 4) is 0 Å². The van der Waals surface area contributed by atoms with Crippen LogP contribution >= 0.6 is 0 Å². The van der Waals surface area contributed by atoms with Crippen LogP contribution in [0, 0.1) is 5.41 Å². The Kier molecular flexibility index (Phi) is 3.97. The largest absolute Gasteiger partial charge is 0.390 e. The van der Waals surface area contributed by atoms with E-state index in [0.29, 0.717) is 19.6 Å². The Balaban J connectivity index is 1.78. The smallest absolute Gasteiger partial charge is 0.230 e. The highest BCUT2D eigenvalue weighted by Gasteiger charge is 2.43. The van der Waals surface area contributed by atoms with E-state index in [4.69, 9.17) is 4.74 Å². The van der Waals surface area contributed by atoms with Gasteiger partial charge in [0, 0.05) is 20.1 Å². The van der Waals surface area contributed by atoms with Crippen molar-refractivity contribution >= 4 is 5.91 Å². The van der Waals surface area contributed by atoms with Crippen LogP contribution in [0.4, 0.5) is 0 Å². The Morgan fingerprint density at radius 1 is 1.52 bits per heavy atom. The van der Waals surface area contributed by atoms with E-state index in [1.54, 1.807) is 7.11 Å². The fraction of sp³-hybridized carbons (Fsp3) is 0.562. The predicted octanol–water partition coefficient (Wildman–Crippen LogP) is 0.387. The fourth-order valence-electron chi connectivity index (χ4n) is 3.44. The zero-order valence-electron chi connectivity index (χ0n) is 12.3. The molecule has 1 aromatic carbocycles. The van der Waals surface area contributed by atoms with Crippen LogP contribution in [0.1, 0.15) is 23.6 Å². The third kappa shape index (κ3) is 2.57. The van der Waals surface area contributed by atoms with Crippen LogP contribution in [0.3, 0.4) is 0 Å². The quantitative estimate of drug-likeness (QED) is 0.750. The Morgan fingerprint density at radius 2 is 2.33 bits per heavy atom. The zero-order valence-corrected chi connectivity index (χ0v) is 12.3. The van der Waals surface area contributed by atoms with Crippen molar-refractivity contribution in [1.29, 1.82) is 0 Å². The van der Waals surface area contributed by atoms with Crippen LogP contribution in [0.25, 0.3) is 0 Å². The molecule has 21 heavy (non-hydrogen) atoms. The number of aliphatic hydroxyl groups is 1. The first-order chi connectivity index (χ1) is 10.2. The first-order valence-electron chi connectivity index (χ1n) is 7.43. The maximum Gasteiger partial charge on any atom is 0.230 e. The summed E-state index contributed by atoms with van der Waals surface area (Å²) in [6.45, 7) is 1.84. The minimum atomic E-state index is -0.555. The lowest BCUT2D eigenvalue weighted by Crippen LogP contribution is -2.48. The van der Waals surface area contributed by atoms with Gasteiger partial charge in [-0.05, 0) is 24.1 Å². The molecule has 3 rings (SSSR count). The molecule has 1 aromatic rings. The minimum Gasteiger partial charge on any atom is -0.390 e. The number of methoxy groups -OCH3 is 1. The first kappa shape index (κ1) is 14.5. The molecule has 1 aliphatic carbocycles. The van der Waals surface area contributed by atoms with Crippen molar-refractivity contribution in [2.24, 2.45) is 5.41 Å². The number of benzene rings is 1. The van der Waals surface area contributed by atoms with Gasteiger partial charge in [-0.25, -0.2) is 0 Å². The van der Waals surface area contributed by atoms with E-state index in [0.717, 1.165) is 24.1 Å². The van der Waals surface area contributed by atoms with Crippen molar-refractivity contribution in [1.82, 2.24) is 10.6 Å². The minimum absolute atomic E-state index is 0.0323. The normalized spacial score (nSPS) is 31.1. The predicted molar refractivity (Wildman–Crippen MR) is 78.8 cm³/mol. The van der Waals surface area contributed by atoms with Gasteiger partial charge in [0.2, 0.25) is 5.91 Å². The highest BCUT2D eigenvalue weighted by Crippen LogP contribution is 2.33. The van der Waals surface area contributed by atoms with Crippen LogP contribution in [0.2, 0.25) is 0 Å². The molecule has 1 saturated heterocycles. The van der Waals surface area contributed by atoms with Gasteiger partial charge in [0.25, 0.3) is 0 Å². The van der Waals surface area contributed by atoms with E-state index < -0.39 is 11.5 Å². The van der Waals surface area contributed by atoms with Gasteiger partial charge in [0.05, 0.1) is 24.2 Å². The Labute approximate surface area is 124 Å². The third-order valence-electron chi connectivity index (χ3n) is 4.64. The molecule has 0 radical (unpaired) electrons. The van der Waals surface area contributed by atoms with Crippen molar-refractivity contribution < 1.29 is 14.6 Å². The molecule has 0 aromatic heterocycles. The Morgan fingerprint density at radius 3 is 3.05 bits per heavy atom. The number of fused-ring (bicyclic) bond motifs is 1. The summed E-state index contributed by atoms with van der Waals surface area (Å²) >= 11 is 0. The highest BCUT2D eigenvalue weighted by molar-refractivity contribution is 5.84. The summed E-state index contributed by atoms with van der Waals surface area (Å²) in [5.41, 5.74) is 1.61. The van der Waals surface area contributed by atoms with E-state index in [9.17, 15) is 9.90 Å². The Hall–Kier alpha value is -1.43.